The summed E-state index contributed by atoms with van der Waals surface area (Å²) >= 11 is 0. The summed E-state index contributed by atoms with van der Waals surface area (Å²) in [6, 6.07) is 13.8. The van der Waals surface area contributed by atoms with Gasteiger partial charge in [0.1, 0.15) is 11.8 Å². The minimum absolute atomic E-state index is 0.00222. The van der Waals surface area contributed by atoms with Crippen molar-refractivity contribution in [1.29, 1.82) is 5.26 Å². The van der Waals surface area contributed by atoms with Gasteiger partial charge in [-0.2, -0.15) is 5.26 Å². The minimum atomic E-state index is 0.00222. The van der Waals surface area contributed by atoms with Crippen molar-refractivity contribution >= 4 is 0 Å². The highest BCUT2D eigenvalue weighted by Gasteiger charge is 2.26. The number of rotatable bonds is 5. The molecule has 0 saturated carbocycles. The van der Waals surface area contributed by atoms with Crippen LogP contribution in [0.3, 0.4) is 0 Å². The molecule has 3 aromatic rings. The Morgan fingerprint density at radius 3 is 2.86 bits per heavy atom. The number of ether oxygens (including phenoxy) is 2. The van der Waals surface area contributed by atoms with E-state index in [-0.39, 0.29) is 12.2 Å². The summed E-state index contributed by atoms with van der Waals surface area (Å²) in [6.45, 7) is 3.86. The summed E-state index contributed by atoms with van der Waals surface area (Å²) in [4.78, 5) is 4.45. The Labute approximate surface area is 164 Å². The summed E-state index contributed by atoms with van der Waals surface area (Å²) < 4.78 is 17.3. The average Bonchev–Trinajstić information content (AvgIpc) is 3.34. The highest BCUT2D eigenvalue weighted by atomic mass is 16.5. The molecule has 0 amide bonds. The molecular formula is C23H22N2O3. The maximum Gasteiger partial charge on any atom is 0.226 e. The number of hydrogen-bond donors (Lipinski definition) is 0. The molecule has 0 saturated heterocycles. The predicted molar refractivity (Wildman–Crippen MR) is 106 cm³/mol. The third-order valence-electron chi connectivity index (χ3n) is 4.98. The van der Waals surface area contributed by atoms with Crippen LogP contribution in [0.2, 0.25) is 0 Å². The van der Waals surface area contributed by atoms with Crippen LogP contribution >= 0.6 is 0 Å². The highest BCUT2D eigenvalue weighted by Crippen LogP contribution is 2.40. The number of oxazole rings is 1. The fourth-order valence-corrected chi connectivity index (χ4v) is 3.73. The van der Waals surface area contributed by atoms with Gasteiger partial charge in [0, 0.05) is 18.2 Å². The second-order valence-corrected chi connectivity index (χ2v) is 7.16. The van der Waals surface area contributed by atoms with Crippen molar-refractivity contribution in [1.82, 2.24) is 4.98 Å². The quantitative estimate of drug-likeness (QED) is 0.606. The average molecular weight is 374 g/mol. The first kappa shape index (κ1) is 18.3. The van der Waals surface area contributed by atoms with Crippen LogP contribution in [0, 0.1) is 11.3 Å². The molecule has 1 atom stereocenters. The first-order valence-corrected chi connectivity index (χ1v) is 9.42. The van der Waals surface area contributed by atoms with Crippen LogP contribution in [-0.2, 0) is 11.2 Å². The molecule has 1 aliphatic carbocycles. The number of hydrogen-bond acceptors (Lipinski definition) is 5. The Morgan fingerprint density at radius 1 is 1.25 bits per heavy atom. The summed E-state index contributed by atoms with van der Waals surface area (Å²) in [7, 11) is 1.75. The van der Waals surface area contributed by atoms with E-state index >= 15 is 0 Å². The first-order chi connectivity index (χ1) is 13.6. The predicted octanol–water partition coefficient (Wildman–Crippen LogP) is 5.30. The zero-order valence-corrected chi connectivity index (χ0v) is 16.2. The third kappa shape index (κ3) is 3.28. The van der Waals surface area contributed by atoms with Crippen molar-refractivity contribution in [2.75, 3.05) is 7.11 Å². The van der Waals surface area contributed by atoms with E-state index in [1.807, 2.05) is 26.0 Å². The van der Waals surface area contributed by atoms with Crippen LogP contribution in [0.5, 0.6) is 5.75 Å². The van der Waals surface area contributed by atoms with Gasteiger partial charge in [0.15, 0.2) is 5.76 Å². The highest BCUT2D eigenvalue weighted by molar-refractivity contribution is 5.68. The van der Waals surface area contributed by atoms with E-state index in [0.717, 1.165) is 29.7 Å². The zero-order chi connectivity index (χ0) is 19.7. The van der Waals surface area contributed by atoms with E-state index in [1.165, 1.54) is 11.1 Å². The van der Waals surface area contributed by atoms with Gasteiger partial charge in [-0.05, 0) is 56.0 Å². The summed E-state index contributed by atoms with van der Waals surface area (Å²) in [5.41, 5.74) is 4.75. The van der Waals surface area contributed by atoms with Crippen LogP contribution in [0.25, 0.3) is 22.8 Å². The van der Waals surface area contributed by atoms with Crippen molar-refractivity contribution < 1.29 is 13.9 Å². The number of aromatic nitrogens is 1. The summed E-state index contributed by atoms with van der Waals surface area (Å²) in [5.74, 6) is 1.78. The maximum atomic E-state index is 9.45. The van der Waals surface area contributed by atoms with E-state index in [0.29, 0.717) is 17.2 Å². The van der Waals surface area contributed by atoms with E-state index in [2.05, 4.69) is 23.2 Å². The SMILES string of the molecule is COC1CCc2c(-c3cnc(-c4ccc(OC(C)C)c(C#N)c4)o3)cccc21. The fraction of sp³-hybridized carbons (Fsp3) is 0.304. The standard InChI is InChI=1S/C23H22N2O3/c1-14(2)27-20-9-7-15(11-16(20)12-24)23-25-13-22(28-23)19-6-4-5-18-17(19)8-10-21(18)26-3/h4-7,9,11,13-14,21H,8,10H2,1-3H3. The molecule has 4 rings (SSSR count). The van der Waals surface area contributed by atoms with Crippen molar-refractivity contribution in [2.24, 2.45) is 0 Å². The molecule has 1 heterocycles. The lowest BCUT2D eigenvalue weighted by molar-refractivity contribution is 0.105. The van der Waals surface area contributed by atoms with Gasteiger partial charge >= 0.3 is 0 Å². The van der Waals surface area contributed by atoms with E-state index in [9.17, 15) is 5.26 Å². The minimum Gasteiger partial charge on any atom is -0.490 e. The van der Waals surface area contributed by atoms with Crippen LogP contribution < -0.4 is 4.74 Å². The number of fused-ring (bicyclic) bond motifs is 1. The molecule has 0 spiro atoms. The van der Waals surface area contributed by atoms with Crippen LogP contribution in [0.1, 0.15) is 43.1 Å². The van der Waals surface area contributed by atoms with Crippen LogP contribution in [0.15, 0.2) is 47.0 Å². The lowest BCUT2D eigenvalue weighted by Crippen LogP contribution is -2.06. The van der Waals surface area contributed by atoms with Crippen LogP contribution in [-0.4, -0.2) is 18.2 Å². The molecule has 0 bridgehead atoms. The molecule has 1 aromatic heterocycles. The summed E-state index contributed by atoms with van der Waals surface area (Å²) in [5, 5.41) is 9.45. The zero-order valence-electron chi connectivity index (χ0n) is 16.2. The Bertz CT molecular complexity index is 1050. The van der Waals surface area contributed by atoms with Gasteiger partial charge in [-0.1, -0.05) is 18.2 Å². The second-order valence-electron chi connectivity index (χ2n) is 7.16. The number of nitrogens with zero attached hydrogens (tertiary/aromatic N) is 2. The van der Waals surface area contributed by atoms with Gasteiger partial charge < -0.3 is 13.9 Å². The third-order valence-corrected chi connectivity index (χ3v) is 4.98. The van der Waals surface area contributed by atoms with Gasteiger partial charge in [-0.25, -0.2) is 4.98 Å². The van der Waals surface area contributed by atoms with Crippen molar-refractivity contribution in [2.45, 2.75) is 38.9 Å². The Balaban J connectivity index is 1.68. The van der Waals surface area contributed by atoms with Crippen molar-refractivity contribution in [3.05, 3.63) is 59.3 Å². The normalized spacial score (nSPS) is 15.5. The van der Waals surface area contributed by atoms with Crippen LogP contribution in [0.4, 0.5) is 0 Å². The second kappa shape index (κ2) is 7.49. The molecule has 1 unspecified atom stereocenters. The Morgan fingerprint density at radius 2 is 2.11 bits per heavy atom. The molecule has 142 valence electrons. The lowest BCUT2D eigenvalue weighted by Gasteiger charge is -2.11. The van der Waals surface area contributed by atoms with E-state index in [1.54, 1.807) is 25.4 Å². The van der Waals surface area contributed by atoms with Gasteiger partial charge in [0.25, 0.3) is 0 Å². The largest absolute Gasteiger partial charge is 0.490 e. The fourth-order valence-electron chi connectivity index (χ4n) is 3.73. The molecule has 0 fully saturated rings. The lowest BCUT2D eigenvalue weighted by atomic mass is 10.0. The summed E-state index contributed by atoms with van der Waals surface area (Å²) in [6.07, 6.45) is 3.83. The Kier molecular flexibility index (Phi) is 4.89. The molecule has 5 heteroatoms. The number of nitriles is 1. The molecule has 1 aliphatic rings. The molecule has 0 N–H and O–H groups in total. The molecule has 2 aromatic carbocycles. The molecular weight excluding hydrogens is 352 g/mol. The van der Waals surface area contributed by atoms with Gasteiger partial charge in [-0.3, -0.25) is 0 Å². The first-order valence-electron chi connectivity index (χ1n) is 9.42. The molecule has 5 nitrogen and oxygen atoms in total. The smallest absolute Gasteiger partial charge is 0.226 e. The van der Waals surface area contributed by atoms with Gasteiger partial charge in [-0.15, -0.1) is 0 Å². The number of benzene rings is 2. The molecule has 28 heavy (non-hydrogen) atoms. The van der Waals surface area contributed by atoms with Gasteiger partial charge in [0.2, 0.25) is 5.89 Å². The van der Waals surface area contributed by atoms with Crippen molar-refractivity contribution in [3.63, 3.8) is 0 Å². The monoisotopic (exact) mass is 374 g/mol. The van der Waals surface area contributed by atoms with Crippen molar-refractivity contribution in [3.8, 4) is 34.6 Å². The maximum absolute atomic E-state index is 9.45. The van der Waals surface area contributed by atoms with E-state index < -0.39 is 0 Å². The molecule has 0 radical (unpaired) electrons. The topological polar surface area (TPSA) is 68.3 Å². The molecule has 0 aliphatic heterocycles. The van der Waals surface area contributed by atoms with Gasteiger partial charge in [0.05, 0.1) is 24.0 Å². The number of methoxy groups -OCH3 is 1. The van der Waals surface area contributed by atoms with E-state index in [4.69, 9.17) is 13.9 Å². The Hall–Kier alpha value is -3.10.